The maximum absolute atomic E-state index is 6.14. The molecule has 2 nitrogen and oxygen atoms in total. The molecule has 0 atom stereocenters. The van der Waals surface area contributed by atoms with E-state index in [4.69, 9.17) is 39.5 Å². The molecule has 0 aliphatic rings. The third-order valence-electron chi connectivity index (χ3n) is 2.58. The molecular weight excluding hydrogens is 293 g/mol. The van der Waals surface area contributed by atoms with E-state index in [-0.39, 0.29) is 5.15 Å². The largest absolute Gasteiger partial charge is 0.497 e. The predicted octanol–water partition coefficient (Wildman–Crippen LogP) is 5.03. The zero-order valence-electron chi connectivity index (χ0n) is 9.80. The molecule has 0 fully saturated rings. The van der Waals surface area contributed by atoms with E-state index in [9.17, 15) is 0 Å². The highest BCUT2D eigenvalue weighted by Crippen LogP contribution is 2.34. The SMILES string of the molecule is COc1ccc(-c2nc(Cl)c(Cl)cc2Cl)c(C)c1. The molecule has 2 aromatic rings. The first-order valence-corrected chi connectivity index (χ1v) is 6.33. The lowest BCUT2D eigenvalue weighted by atomic mass is 10.0. The second-order valence-electron chi connectivity index (χ2n) is 3.77. The standard InChI is InChI=1S/C13H10Cl3NO/c1-7-5-8(18-2)3-4-9(7)12-10(14)6-11(15)13(16)17-12/h3-6H,1-2H3. The van der Waals surface area contributed by atoms with Gasteiger partial charge in [-0.1, -0.05) is 34.8 Å². The number of benzene rings is 1. The summed E-state index contributed by atoms with van der Waals surface area (Å²) in [5, 5.41) is 1.06. The van der Waals surface area contributed by atoms with Crippen LogP contribution >= 0.6 is 34.8 Å². The smallest absolute Gasteiger partial charge is 0.148 e. The van der Waals surface area contributed by atoms with Gasteiger partial charge in [-0.05, 0) is 36.8 Å². The Hall–Kier alpha value is -0.960. The number of nitrogens with zero attached hydrogens (tertiary/aromatic N) is 1. The number of pyridine rings is 1. The van der Waals surface area contributed by atoms with E-state index in [0.29, 0.717) is 15.7 Å². The summed E-state index contributed by atoms with van der Waals surface area (Å²) in [6.45, 7) is 1.96. The van der Waals surface area contributed by atoms with Crippen LogP contribution < -0.4 is 4.74 Å². The molecule has 0 saturated carbocycles. The highest BCUT2D eigenvalue weighted by molar-refractivity contribution is 6.43. The van der Waals surface area contributed by atoms with Gasteiger partial charge in [-0.3, -0.25) is 0 Å². The van der Waals surface area contributed by atoms with E-state index in [1.54, 1.807) is 13.2 Å². The van der Waals surface area contributed by atoms with Crippen LogP contribution in [0.1, 0.15) is 5.56 Å². The topological polar surface area (TPSA) is 22.1 Å². The van der Waals surface area contributed by atoms with Crippen molar-refractivity contribution in [3.8, 4) is 17.0 Å². The highest BCUT2D eigenvalue weighted by atomic mass is 35.5. The zero-order chi connectivity index (χ0) is 13.3. The molecule has 0 unspecified atom stereocenters. The normalized spacial score (nSPS) is 10.5. The van der Waals surface area contributed by atoms with Gasteiger partial charge in [0.05, 0.1) is 22.8 Å². The number of rotatable bonds is 2. The van der Waals surface area contributed by atoms with Gasteiger partial charge in [0.2, 0.25) is 0 Å². The summed E-state index contributed by atoms with van der Waals surface area (Å²) in [5.74, 6) is 0.785. The Bertz CT molecular complexity index is 599. The van der Waals surface area contributed by atoms with Crippen LogP contribution in [0, 0.1) is 6.92 Å². The molecule has 2 rings (SSSR count). The third-order valence-corrected chi connectivity index (χ3v) is 3.54. The Morgan fingerprint density at radius 3 is 2.39 bits per heavy atom. The van der Waals surface area contributed by atoms with Crippen molar-refractivity contribution < 1.29 is 4.74 Å². The quantitative estimate of drug-likeness (QED) is 0.726. The Balaban J connectivity index is 2.58. The predicted molar refractivity (Wildman–Crippen MR) is 76.0 cm³/mol. The maximum Gasteiger partial charge on any atom is 0.148 e. The summed E-state index contributed by atoms with van der Waals surface area (Å²) in [4.78, 5) is 4.22. The van der Waals surface area contributed by atoms with Gasteiger partial charge in [-0.25, -0.2) is 4.98 Å². The lowest BCUT2D eigenvalue weighted by molar-refractivity contribution is 0.414. The van der Waals surface area contributed by atoms with Crippen LogP contribution in [0.2, 0.25) is 15.2 Å². The number of ether oxygens (including phenoxy) is 1. The van der Waals surface area contributed by atoms with Crippen LogP contribution in [0.5, 0.6) is 5.75 Å². The van der Waals surface area contributed by atoms with Crippen molar-refractivity contribution in [2.24, 2.45) is 0 Å². The first-order chi connectivity index (χ1) is 8.52. The number of hydrogen-bond acceptors (Lipinski definition) is 2. The molecule has 0 aliphatic heterocycles. The first-order valence-electron chi connectivity index (χ1n) is 5.19. The van der Waals surface area contributed by atoms with Crippen molar-refractivity contribution in [1.82, 2.24) is 4.98 Å². The van der Waals surface area contributed by atoms with Crippen LogP contribution in [0.4, 0.5) is 0 Å². The average Bonchev–Trinajstić information content (AvgIpc) is 2.34. The fraction of sp³-hybridized carbons (Fsp3) is 0.154. The summed E-state index contributed by atoms with van der Waals surface area (Å²) in [7, 11) is 1.62. The molecule has 1 heterocycles. The lowest BCUT2D eigenvalue weighted by Crippen LogP contribution is -1.91. The minimum atomic E-state index is 0.242. The number of aromatic nitrogens is 1. The van der Waals surface area contributed by atoms with Crippen molar-refractivity contribution >= 4 is 34.8 Å². The van der Waals surface area contributed by atoms with E-state index in [2.05, 4.69) is 4.98 Å². The van der Waals surface area contributed by atoms with Crippen molar-refractivity contribution in [2.75, 3.05) is 7.11 Å². The third kappa shape index (κ3) is 2.56. The van der Waals surface area contributed by atoms with Gasteiger partial charge in [0.1, 0.15) is 10.9 Å². The second kappa shape index (κ2) is 5.35. The summed E-state index contributed by atoms with van der Waals surface area (Å²) in [6, 6.07) is 7.25. The molecule has 1 aromatic heterocycles. The number of hydrogen-bond donors (Lipinski definition) is 0. The lowest BCUT2D eigenvalue weighted by Gasteiger charge is -2.10. The molecule has 0 radical (unpaired) electrons. The van der Waals surface area contributed by atoms with Crippen LogP contribution in [0.15, 0.2) is 24.3 Å². The summed E-state index contributed by atoms with van der Waals surface area (Å²) < 4.78 is 5.16. The molecule has 0 saturated heterocycles. The Morgan fingerprint density at radius 2 is 1.78 bits per heavy atom. The minimum absolute atomic E-state index is 0.242. The molecule has 0 aliphatic carbocycles. The Kier molecular flexibility index (Phi) is 4.00. The molecule has 0 spiro atoms. The number of halogens is 3. The van der Waals surface area contributed by atoms with Crippen LogP contribution in [0.25, 0.3) is 11.3 Å². The summed E-state index contributed by atoms with van der Waals surface area (Å²) >= 11 is 17.9. The van der Waals surface area contributed by atoms with Gasteiger partial charge >= 0.3 is 0 Å². The van der Waals surface area contributed by atoms with Crippen molar-refractivity contribution in [1.29, 1.82) is 0 Å². The van der Waals surface area contributed by atoms with Gasteiger partial charge in [-0.2, -0.15) is 0 Å². The first kappa shape index (κ1) is 13.5. The van der Waals surface area contributed by atoms with E-state index in [0.717, 1.165) is 16.9 Å². The molecule has 94 valence electrons. The average molecular weight is 303 g/mol. The monoisotopic (exact) mass is 301 g/mol. The van der Waals surface area contributed by atoms with Gasteiger partial charge in [0.25, 0.3) is 0 Å². The fourth-order valence-corrected chi connectivity index (χ4v) is 2.26. The van der Waals surface area contributed by atoms with E-state index < -0.39 is 0 Å². The molecular formula is C13H10Cl3NO. The number of aryl methyl sites for hydroxylation is 1. The molecule has 0 bridgehead atoms. The van der Waals surface area contributed by atoms with Crippen LogP contribution in [0.3, 0.4) is 0 Å². The van der Waals surface area contributed by atoms with Gasteiger partial charge < -0.3 is 4.74 Å². The molecule has 0 amide bonds. The second-order valence-corrected chi connectivity index (χ2v) is 4.94. The molecule has 5 heteroatoms. The molecule has 0 N–H and O–H groups in total. The maximum atomic E-state index is 6.14. The zero-order valence-corrected chi connectivity index (χ0v) is 12.1. The van der Waals surface area contributed by atoms with Gasteiger partial charge in [0.15, 0.2) is 0 Å². The Morgan fingerprint density at radius 1 is 1.06 bits per heavy atom. The van der Waals surface area contributed by atoms with Crippen molar-refractivity contribution in [3.05, 3.63) is 45.0 Å². The summed E-state index contributed by atoms with van der Waals surface area (Å²) in [6.07, 6.45) is 0. The van der Waals surface area contributed by atoms with E-state index >= 15 is 0 Å². The van der Waals surface area contributed by atoms with Gasteiger partial charge in [-0.15, -0.1) is 0 Å². The van der Waals surface area contributed by atoms with Gasteiger partial charge in [0, 0.05) is 5.56 Å². The van der Waals surface area contributed by atoms with Crippen molar-refractivity contribution in [3.63, 3.8) is 0 Å². The van der Waals surface area contributed by atoms with E-state index in [1.165, 1.54) is 0 Å². The number of methoxy groups -OCH3 is 1. The highest BCUT2D eigenvalue weighted by Gasteiger charge is 2.12. The fourth-order valence-electron chi connectivity index (χ4n) is 1.66. The molecule has 18 heavy (non-hydrogen) atoms. The van der Waals surface area contributed by atoms with Crippen molar-refractivity contribution in [2.45, 2.75) is 6.92 Å². The Labute approximate surface area is 120 Å². The molecule has 1 aromatic carbocycles. The van der Waals surface area contributed by atoms with Crippen LogP contribution in [-0.2, 0) is 0 Å². The van der Waals surface area contributed by atoms with E-state index in [1.807, 2.05) is 25.1 Å². The van der Waals surface area contributed by atoms with Crippen LogP contribution in [-0.4, -0.2) is 12.1 Å². The summed E-state index contributed by atoms with van der Waals surface area (Å²) in [5.41, 5.74) is 2.52. The minimum Gasteiger partial charge on any atom is -0.497 e.